The van der Waals surface area contributed by atoms with Gasteiger partial charge in [-0.05, 0) is 47.5 Å². The molecule has 0 atom stereocenters. The van der Waals surface area contributed by atoms with E-state index < -0.39 is 0 Å². The molecular formula is C24H24N2O4. The van der Waals surface area contributed by atoms with Gasteiger partial charge in [0.15, 0.2) is 6.61 Å². The molecule has 3 aromatic carbocycles. The predicted octanol–water partition coefficient (Wildman–Crippen LogP) is 3.75. The molecule has 2 amide bonds. The van der Waals surface area contributed by atoms with E-state index in [9.17, 15) is 9.59 Å². The number of benzene rings is 3. The van der Waals surface area contributed by atoms with Crippen molar-refractivity contribution in [2.75, 3.05) is 32.2 Å². The van der Waals surface area contributed by atoms with Crippen molar-refractivity contribution in [1.29, 1.82) is 0 Å². The smallest absolute Gasteiger partial charge is 0.262 e. The number of rotatable bonds is 9. The second-order valence-corrected chi connectivity index (χ2v) is 6.55. The number of amides is 2. The molecule has 2 N–H and O–H groups in total. The maximum Gasteiger partial charge on any atom is 0.262 e. The summed E-state index contributed by atoms with van der Waals surface area (Å²) in [6.45, 7) is 0.788. The fourth-order valence-corrected chi connectivity index (χ4v) is 2.79. The summed E-state index contributed by atoms with van der Waals surface area (Å²) in [7, 11) is 1.58. The Balaban J connectivity index is 1.47. The lowest BCUT2D eigenvalue weighted by atomic mass is 10.1. The van der Waals surface area contributed by atoms with Crippen LogP contribution in [0.15, 0.2) is 78.9 Å². The minimum atomic E-state index is -0.278. The molecule has 0 aliphatic heterocycles. The van der Waals surface area contributed by atoms with Crippen LogP contribution in [-0.4, -0.2) is 38.7 Å². The highest BCUT2D eigenvalue weighted by Crippen LogP contribution is 2.22. The molecule has 0 fully saturated rings. The summed E-state index contributed by atoms with van der Waals surface area (Å²) >= 11 is 0. The molecule has 0 aromatic heterocycles. The van der Waals surface area contributed by atoms with Gasteiger partial charge in [0.1, 0.15) is 5.75 Å². The quantitative estimate of drug-likeness (QED) is 0.533. The summed E-state index contributed by atoms with van der Waals surface area (Å²) in [5.74, 6) is 0.152. The van der Waals surface area contributed by atoms with Crippen LogP contribution in [0.4, 0.5) is 5.69 Å². The molecule has 154 valence electrons. The van der Waals surface area contributed by atoms with E-state index in [4.69, 9.17) is 9.47 Å². The normalized spacial score (nSPS) is 10.3. The first-order chi connectivity index (χ1) is 14.7. The Morgan fingerprint density at radius 3 is 2.17 bits per heavy atom. The SMILES string of the molecule is COCCNC(=O)c1ccc(NC(=O)COc2ccc(-c3ccccc3)cc2)cc1. The lowest BCUT2D eigenvalue weighted by Crippen LogP contribution is -2.26. The number of hydrogen-bond acceptors (Lipinski definition) is 4. The van der Waals surface area contributed by atoms with E-state index >= 15 is 0 Å². The van der Waals surface area contributed by atoms with Gasteiger partial charge in [-0.3, -0.25) is 9.59 Å². The number of carbonyl (C=O) groups is 2. The summed E-state index contributed by atoms with van der Waals surface area (Å²) in [4.78, 5) is 24.1. The lowest BCUT2D eigenvalue weighted by molar-refractivity contribution is -0.118. The van der Waals surface area contributed by atoms with Crippen molar-refractivity contribution in [3.8, 4) is 16.9 Å². The summed E-state index contributed by atoms with van der Waals surface area (Å²) in [5, 5.41) is 5.49. The van der Waals surface area contributed by atoms with Gasteiger partial charge in [-0.25, -0.2) is 0 Å². The zero-order chi connectivity index (χ0) is 21.2. The largest absolute Gasteiger partial charge is 0.484 e. The zero-order valence-corrected chi connectivity index (χ0v) is 16.8. The Bertz CT molecular complexity index is 955. The lowest BCUT2D eigenvalue weighted by Gasteiger charge is -2.09. The van der Waals surface area contributed by atoms with Gasteiger partial charge in [-0.1, -0.05) is 42.5 Å². The second-order valence-electron chi connectivity index (χ2n) is 6.55. The topological polar surface area (TPSA) is 76.7 Å². The van der Waals surface area contributed by atoms with Crippen LogP contribution in [0, 0.1) is 0 Å². The molecule has 0 saturated heterocycles. The fraction of sp³-hybridized carbons (Fsp3) is 0.167. The van der Waals surface area contributed by atoms with Crippen molar-refractivity contribution in [2.24, 2.45) is 0 Å². The first kappa shape index (κ1) is 21.1. The third kappa shape index (κ3) is 6.18. The van der Waals surface area contributed by atoms with E-state index in [-0.39, 0.29) is 18.4 Å². The molecule has 0 aliphatic rings. The second kappa shape index (κ2) is 10.8. The number of methoxy groups -OCH3 is 1. The molecular weight excluding hydrogens is 380 g/mol. The standard InChI is InChI=1S/C24H24N2O4/c1-29-16-15-25-24(28)20-7-11-21(12-8-20)26-23(27)17-30-22-13-9-19(10-14-22)18-5-3-2-4-6-18/h2-14H,15-17H2,1H3,(H,25,28)(H,26,27). The number of hydrogen-bond donors (Lipinski definition) is 2. The molecule has 3 rings (SSSR count). The highest BCUT2D eigenvalue weighted by molar-refractivity contribution is 5.96. The predicted molar refractivity (Wildman–Crippen MR) is 117 cm³/mol. The fourth-order valence-electron chi connectivity index (χ4n) is 2.79. The van der Waals surface area contributed by atoms with Crippen molar-refractivity contribution in [1.82, 2.24) is 5.32 Å². The Morgan fingerprint density at radius 2 is 1.50 bits per heavy atom. The summed E-state index contributed by atoms with van der Waals surface area (Å²) in [6, 6.07) is 24.3. The number of ether oxygens (including phenoxy) is 2. The van der Waals surface area contributed by atoms with E-state index in [1.54, 1.807) is 31.4 Å². The van der Waals surface area contributed by atoms with Crippen molar-refractivity contribution in [2.45, 2.75) is 0 Å². The number of anilines is 1. The molecule has 6 nitrogen and oxygen atoms in total. The highest BCUT2D eigenvalue weighted by Gasteiger charge is 2.07. The molecule has 6 heteroatoms. The molecule has 0 heterocycles. The maximum absolute atomic E-state index is 12.1. The van der Waals surface area contributed by atoms with E-state index in [1.807, 2.05) is 54.6 Å². The Labute approximate surface area is 175 Å². The van der Waals surface area contributed by atoms with E-state index in [1.165, 1.54) is 0 Å². The third-order valence-corrected chi connectivity index (χ3v) is 4.35. The van der Waals surface area contributed by atoms with Crippen LogP contribution in [0.25, 0.3) is 11.1 Å². The molecule has 0 saturated carbocycles. The minimum absolute atomic E-state index is 0.107. The highest BCUT2D eigenvalue weighted by atomic mass is 16.5. The van der Waals surface area contributed by atoms with Crippen LogP contribution in [0.2, 0.25) is 0 Å². The van der Waals surface area contributed by atoms with Gasteiger partial charge in [-0.15, -0.1) is 0 Å². The Morgan fingerprint density at radius 1 is 0.833 bits per heavy atom. The Hall–Kier alpha value is -3.64. The zero-order valence-electron chi connectivity index (χ0n) is 16.8. The maximum atomic E-state index is 12.1. The molecule has 0 unspecified atom stereocenters. The van der Waals surface area contributed by atoms with Gasteiger partial charge in [0.2, 0.25) is 0 Å². The third-order valence-electron chi connectivity index (χ3n) is 4.35. The van der Waals surface area contributed by atoms with E-state index in [0.29, 0.717) is 30.2 Å². The van der Waals surface area contributed by atoms with Crippen LogP contribution in [0.5, 0.6) is 5.75 Å². The summed E-state index contributed by atoms with van der Waals surface area (Å²) in [6.07, 6.45) is 0. The average Bonchev–Trinajstić information content (AvgIpc) is 2.79. The Kier molecular flexibility index (Phi) is 7.58. The summed E-state index contributed by atoms with van der Waals surface area (Å²) < 4.78 is 10.5. The van der Waals surface area contributed by atoms with Gasteiger partial charge in [0.05, 0.1) is 6.61 Å². The minimum Gasteiger partial charge on any atom is -0.484 e. The molecule has 0 radical (unpaired) electrons. The van der Waals surface area contributed by atoms with Gasteiger partial charge < -0.3 is 20.1 Å². The van der Waals surface area contributed by atoms with E-state index in [0.717, 1.165) is 11.1 Å². The van der Waals surface area contributed by atoms with Gasteiger partial charge in [0.25, 0.3) is 11.8 Å². The molecule has 0 bridgehead atoms. The van der Waals surface area contributed by atoms with Crippen LogP contribution >= 0.6 is 0 Å². The van der Waals surface area contributed by atoms with E-state index in [2.05, 4.69) is 10.6 Å². The first-order valence-electron chi connectivity index (χ1n) is 9.61. The average molecular weight is 404 g/mol. The first-order valence-corrected chi connectivity index (χ1v) is 9.61. The molecule has 0 spiro atoms. The van der Waals surface area contributed by atoms with Crippen LogP contribution < -0.4 is 15.4 Å². The van der Waals surface area contributed by atoms with Gasteiger partial charge in [-0.2, -0.15) is 0 Å². The van der Waals surface area contributed by atoms with Crippen LogP contribution in [-0.2, 0) is 9.53 Å². The number of nitrogens with one attached hydrogen (secondary N) is 2. The monoisotopic (exact) mass is 404 g/mol. The van der Waals surface area contributed by atoms with Crippen LogP contribution in [0.1, 0.15) is 10.4 Å². The van der Waals surface area contributed by atoms with Crippen LogP contribution in [0.3, 0.4) is 0 Å². The van der Waals surface area contributed by atoms with Crippen molar-refractivity contribution in [3.63, 3.8) is 0 Å². The van der Waals surface area contributed by atoms with Crippen molar-refractivity contribution >= 4 is 17.5 Å². The van der Waals surface area contributed by atoms with Gasteiger partial charge >= 0.3 is 0 Å². The molecule has 30 heavy (non-hydrogen) atoms. The molecule has 0 aliphatic carbocycles. The van der Waals surface area contributed by atoms with Crippen molar-refractivity contribution in [3.05, 3.63) is 84.4 Å². The molecule has 3 aromatic rings. The number of carbonyl (C=O) groups excluding carboxylic acids is 2. The van der Waals surface area contributed by atoms with Crippen molar-refractivity contribution < 1.29 is 19.1 Å². The summed E-state index contributed by atoms with van der Waals surface area (Å²) in [5.41, 5.74) is 3.31. The van der Waals surface area contributed by atoms with Gasteiger partial charge in [0, 0.05) is 24.9 Å².